The third-order valence-corrected chi connectivity index (χ3v) is 2.78. The smallest absolute Gasteiger partial charge is 0.273 e. The summed E-state index contributed by atoms with van der Waals surface area (Å²) in [4.78, 5) is 21.5. The first kappa shape index (κ1) is 11.5. The van der Waals surface area contributed by atoms with E-state index >= 15 is 0 Å². The fraction of sp³-hybridized carbons (Fsp3) is 0.333. The third kappa shape index (κ3) is 2.59. The Bertz CT molecular complexity index is 533. The van der Waals surface area contributed by atoms with Crippen molar-refractivity contribution in [1.82, 2.24) is 25.1 Å². The number of aromatic nitrogens is 4. The van der Waals surface area contributed by atoms with Crippen LogP contribution in [-0.4, -0.2) is 38.0 Å². The predicted octanol–water partition coefficient (Wildman–Crippen LogP) is 0.424. The molecule has 0 atom stereocenters. The van der Waals surface area contributed by atoms with Crippen LogP contribution in [0.15, 0.2) is 5.38 Å². The lowest BCUT2D eigenvalue weighted by Crippen LogP contribution is -2.27. The van der Waals surface area contributed by atoms with Crippen molar-refractivity contribution >= 4 is 22.4 Å². The zero-order chi connectivity index (χ0) is 12.4. The molecule has 0 bridgehead atoms. The number of carbonyl (C=O) groups is 1. The van der Waals surface area contributed by atoms with E-state index in [0.29, 0.717) is 23.2 Å². The predicted molar refractivity (Wildman–Crippen MR) is 63.4 cm³/mol. The Hall–Kier alpha value is -1.96. The summed E-state index contributed by atoms with van der Waals surface area (Å²) in [6, 6.07) is 0. The van der Waals surface area contributed by atoms with Gasteiger partial charge in [0, 0.05) is 12.4 Å². The molecule has 0 radical (unpaired) electrons. The number of nitrogens with one attached hydrogen (secondary N) is 1. The third-order valence-electron chi connectivity index (χ3n) is 2.11. The molecule has 0 saturated carbocycles. The molecule has 2 heterocycles. The second-order valence-corrected chi connectivity index (χ2v) is 4.46. The highest BCUT2D eigenvalue weighted by molar-refractivity contribution is 7.13. The van der Waals surface area contributed by atoms with Crippen LogP contribution >= 0.6 is 11.3 Å². The lowest BCUT2D eigenvalue weighted by atomic mass is 10.4. The minimum atomic E-state index is -0.194. The summed E-state index contributed by atoms with van der Waals surface area (Å²) in [6.45, 7) is 2.14. The molecule has 3 N–H and O–H groups in total. The molecular weight excluding hydrogens is 240 g/mol. The van der Waals surface area contributed by atoms with E-state index in [9.17, 15) is 4.79 Å². The van der Waals surface area contributed by atoms with Crippen LogP contribution in [0.25, 0.3) is 0 Å². The van der Waals surface area contributed by atoms with Crippen LogP contribution in [0, 0.1) is 6.92 Å². The summed E-state index contributed by atoms with van der Waals surface area (Å²) in [5, 5.41) is 8.71. The zero-order valence-corrected chi connectivity index (χ0v) is 10.3. The minimum absolute atomic E-state index is 0.194. The number of rotatable bonds is 3. The van der Waals surface area contributed by atoms with Gasteiger partial charge in [-0.25, -0.2) is 9.97 Å². The Morgan fingerprint density at radius 1 is 1.59 bits per heavy atom. The van der Waals surface area contributed by atoms with Crippen molar-refractivity contribution in [1.29, 1.82) is 0 Å². The van der Waals surface area contributed by atoms with Crippen LogP contribution in [0.4, 0.5) is 5.13 Å². The largest absolute Gasteiger partial charge is 0.375 e. The molecule has 17 heavy (non-hydrogen) atoms. The number of aromatic amines is 1. The highest BCUT2D eigenvalue weighted by atomic mass is 32.1. The minimum Gasteiger partial charge on any atom is -0.375 e. The van der Waals surface area contributed by atoms with Gasteiger partial charge in [-0.3, -0.25) is 9.89 Å². The lowest BCUT2D eigenvalue weighted by molar-refractivity contribution is 0.0777. The molecule has 0 aliphatic carbocycles. The molecule has 0 fully saturated rings. The molecule has 2 aromatic heterocycles. The van der Waals surface area contributed by atoms with E-state index in [2.05, 4.69) is 20.2 Å². The zero-order valence-electron chi connectivity index (χ0n) is 9.47. The maximum Gasteiger partial charge on any atom is 0.273 e. The first-order valence-electron chi connectivity index (χ1n) is 4.90. The Balaban J connectivity index is 2.05. The van der Waals surface area contributed by atoms with Crippen molar-refractivity contribution in [3.05, 3.63) is 22.7 Å². The molecule has 0 saturated heterocycles. The molecule has 7 nitrogen and oxygen atoms in total. The van der Waals surface area contributed by atoms with E-state index in [1.165, 1.54) is 16.2 Å². The SMILES string of the molecule is Cc1nc(CN(C)C(=O)c2csc(N)n2)n[nH]1. The number of aryl methyl sites for hydroxylation is 1. The average molecular weight is 252 g/mol. The second kappa shape index (κ2) is 4.50. The maximum atomic E-state index is 11.9. The van der Waals surface area contributed by atoms with E-state index in [4.69, 9.17) is 5.73 Å². The number of H-pyrrole nitrogens is 1. The van der Waals surface area contributed by atoms with Gasteiger partial charge in [-0.1, -0.05) is 0 Å². The van der Waals surface area contributed by atoms with Gasteiger partial charge in [-0.2, -0.15) is 5.10 Å². The van der Waals surface area contributed by atoms with Crippen molar-refractivity contribution in [2.24, 2.45) is 0 Å². The highest BCUT2D eigenvalue weighted by Crippen LogP contribution is 2.13. The number of nitrogen functional groups attached to an aromatic ring is 1. The molecule has 2 aromatic rings. The van der Waals surface area contributed by atoms with Gasteiger partial charge >= 0.3 is 0 Å². The van der Waals surface area contributed by atoms with E-state index in [1.807, 2.05) is 0 Å². The van der Waals surface area contributed by atoms with Gasteiger partial charge in [-0.05, 0) is 6.92 Å². The Morgan fingerprint density at radius 3 is 2.88 bits per heavy atom. The summed E-state index contributed by atoms with van der Waals surface area (Å²) in [6.07, 6.45) is 0. The lowest BCUT2D eigenvalue weighted by Gasteiger charge is -2.13. The number of thiazole rings is 1. The highest BCUT2D eigenvalue weighted by Gasteiger charge is 2.16. The van der Waals surface area contributed by atoms with E-state index in [0.717, 1.165) is 5.82 Å². The van der Waals surface area contributed by atoms with Gasteiger partial charge in [0.05, 0.1) is 6.54 Å². The summed E-state index contributed by atoms with van der Waals surface area (Å²) in [7, 11) is 1.67. The summed E-state index contributed by atoms with van der Waals surface area (Å²) in [5.41, 5.74) is 5.83. The molecule has 0 unspecified atom stereocenters. The normalized spacial score (nSPS) is 10.5. The first-order chi connectivity index (χ1) is 8.06. The van der Waals surface area contributed by atoms with Crippen LogP contribution in [0.3, 0.4) is 0 Å². The summed E-state index contributed by atoms with van der Waals surface area (Å²) < 4.78 is 0. The summed E-state index contributed by atoms with van der Waals surface area (Å²) in [5.74, 6) is 1.10. The van der Waals surface area contributed by atoms with Gasteiger partial charge in [0.25, 0.3) is 5.91 Å². The molecule has 8 heteroatoms. The van der Waals surface area contributed by atoms with Crippen LogP contribution in [0.1, 0.15) is 22.1 Å². The van der Waals surface area contributed by atoms with E-state index in [-0.39, 0.29) is 5.91 Å². The molecule has 0 aliphatic heterocycles. The van der Waals surface area contributed by atoms with Gasteiger partial charge in [0.15, 0.2) is 11.0 Å². The van der Waals surface area contributed by atoms with Crippen molar-refractivity contribution in [3.63, 3.8) is 0 Å². The fourth-order valence-electron chi connectivity index (χ4n) is 1.33. The molecular formula is C9H12N6OS. The van der Waals surface area contributed by atoms with E-state index < -0.39 is 0 Å². The van der Waals surface area contributed by atoms with Crippen LogP contribution < -0.4 is 5.73 Å². The standard InChI is InChI=1S/C9H12N6OS/c1-5-11-7(14-13-5)3-15(2)8(16)6-4-17-9(10)12-6/h4H,3H2,1-2H3,(H2,10,12)(H,11,13,14). The van der Waals surface area contributed by atoms with Crippen molar-refractivity contribution in [2.45, 2.75) is 13.5 Å². The van der Waals surface area contributed by atoms with Crippen LogP contribution in [-0.2, 0) is 6.54 Å². The maximum absolute atomic E-state index is 11.9. The molecule has 0 aromatic carbocycles. The number of amides is 1. The van der Waals surface area contributed by atoms with E-state index in [1.54, 1.807) is 19.4 Å². The number of anilines is 1. The Morgan fingerprint density at radius 2 is 2.35 bits per heavy atom. The van der Waals surface area contributed by atoms with Crippen molar-refractivity contribution < 1.29 is 4.79 Å². The topological polar surface area (TPSA) is 101 Å². The molecule has 2 rings (SSSR count). The van der Waals surface area contributed by atoms with Crippen LogP contribution in [0.5, 0.6) is 0 Å². The molecule has 90 valence electrons. The monoisotopic (exact) mass is 252 g/mol. The first-order valence-corrected chi connectivity index (χ1v) is 5.78. The quantitative estimate of drug-likeness (QED) is 0.824. The number of carbonyl (C=O) groups excluding carboxylic acids is 1. The summed E-state index contributed by atoms with van der Waals surface area (Å²) >= 11 is 1.24. The van der Waals surface area contributed by atoms with Gasteiger partial charge in [0.2, 0.25) is 0 Å². The van der Waals surface area contributed by atoms with Crippen LogP contribution in [0.2, 0.25) is 0 Å². The number of hydrogen-bond acceptors (Lipinski definition) is 6. The van der Waals surface area contributed by atoms with Crippen molar-refractivity contribution in [3.8, 4) is 0 Å². The second-order valence-electron chi connectivity index (χ2n) is 3.57. The molecule has 1 amide bonds. The van der Waals surface area contributed by atoms with Crippen molar-refractivity contribution in [2.75, 3.05) is 12.8 Å². The molecule has 0 aliphatic rings. The fourth-order valence-corrected chi connectivity index (χ4v) is 1.86. The van der Waals surface area contributed by atoms with Gasteiger partial charge < -0.3 is 10.6 Å². The molecule has 0 spiro atoms. The Kier molecular flexibility index (Phi) is 3.05. The van der Waals surface area contributed by atoms with Gasteiger partial charge in [-0.15, -0.1) is 11.3 Å². The average Bonchev–Trinajstić information content (AvgIpc) is 2.87. The Labute approximate surface area is 102 Å². The number of nitrogens with zero attached hydrogens (tertiary/aromatic N) is 4. The van der Waals surface area contributed by atoms with Gasteiger partial charge in [0.1, 0.15) is 11.5 Å². The number of hydrogen-bond donors (Lipinski definition) is 2. The number of nitrogens with two attached hydrogens (primary N) is 1.